The van der Waals surface area contributed by atoms with Gasteiger partial charge in [-0.2, -0.15) is 13.2 Å². The van der Waals surface area contributed by atoms with Crippen LogP contribution in [-0.4, -0.2) is 25.1 Å². The lowest BCUT2D eigenvalue weighted by Crippen LogP contribution is -2.22. The summed E-state index contributed by atoms with van der Waals surface area (Å²) in [6.07, 6.45) is -4.76. The number of para-hydroxylation sites is 1. The van der Waals surface area contributed by atoms with Crippen LogP contribution in [0.1, 0.15) is 11.4 Å². The highest BCUT2D eigenvalue weighted by Crippen LogP contribution is 2.35. The van der Waals surface area contributed by atoms with Gasteiger partial charge in [0.2, 0.25) is 0 Å². The van der Waals surface area contributed by atoms with Gasteiger partial charge in [0.05, 0.1) is 40.0 Å². The number of ether oxygens (including phenoxy) is 1. The minimum absolute atomic E-state index is 0.0219. The van der Waals surface area contributed by atoms with Gasteiger partial charge in [-0.1, -0.05) is 23.7 Å². The summed E-state index contributed by atoms with van der Waals surface area (Å²) in [6, 6.07) is 13.0. The van der Waals surface area contributed by atoms with Crippen LogP contribution in [0.3, 0.4) is 0 Å². The predicted octanol–water partition coefficient (Wildman–Crippen LogP) is 5.18. The Bertz CT molecular complexity index is 1620. The highest BCUT2D eigenvalue weighted by Gasteiger charge is 2.33. The summed E-state index contributed by atoms with van der Waals surface area (Å²) in [7, 11) is -3.24. The van der Waals surface area contributed by atoms with E-state index in [4.69, 9.17) is 16.3 Å². The van der Waals surface area contributed by atoms with E-state index in [2.05, 4.69) is 9.71 Å². The van der Waals surface area contributed by atoms with E-state index >= 15 is 0 Å². The van der Waals surface area contributed by atoms with E-state index in [1.807, 2.05) is 0 Å². The van der Waals surface area contributed by atoms with Crippen LogP contribution in [0.2, 0.25) is 5.02 Å². The molecule has 0 fully saturated rings. The fourth-order valence-corrected chi connectivity index (χ4v) is 5.13. The number of benzene rings is 3. The minimum atomic E-state index is -4.76. The molecule has 0 bridgehead atoms. The first-order valence-corrected chi connectivity index (χ1v) is 11.8. The second-order valence-electron chi connectivity index (χ2n) is 7.45. The molecule has 4 rings (SSSR count). The van der Waals surface area contributed by atoms with Gasteiger partial charge in [-0.3, -0.25) is 14.1 Å². The fourth-order valence-electron chi connectivity index (χ4n) is 3.54. The quantitative estimate of drug-likeness (QED) is 0.389. The third kappa shape index (κ3) is 4.69. The van der Waals surface area contributed by atoms with Gasteiger partial charge in [0, 0.05) is 6.07 Å². The first-order valence-electron chi connectivity index (χ1n) is 9.99. The standard InChI is InChI=1S/C23H17ClF3N3O4S/c1-13-28-18-6-4-3-5-16(18)22(31)30(13)15-8-10-19(20(12-15)34-2)29-35(32,33)21-11-14(23(25,26)27)7-9-17(21)24/h3-12,29H,1-2H3. The van der Waals surface area contributed by atoms with E-state index in [1.54, 1.807) is 31.2 Å². The van der Waals surface area contributed by atoms with E-state index in [1.165, 1.54) is 29.9 Å². The Morgan fingerprint density at radius 3 is 2.46 bits per heavy atom. The van der Waals surface area contributed by atoms with E-state index in [0.29, 0.717) is 34.5 Å². The number of nitrogens with one attached hydrogen (secondary N) is 1. The Morgan fingerprint density at radius 1 is 1.06 bits per heavy atom. The fraction of sp³-hybridized carbons (Fsp3) is 0.130. The molecule has 0 aliphatic rings. The number of hydrogen-bond donors (Lipinski definition) is 1. The number of sulfonamides is 1. The Kier molecular flexibility index (Phi) is 6.24. The molecule has 0 aliphatic carbocycles. The molecule has 4 aromatic rings. The molecule has 1 aromatic heterocycles. The number of rotatable bonds is 5. The SMILES string of the molecule is COc1cc(-n2c(C)nc3ccccc3c2=O)ccc1NS(=O)(=O)c1cc(C(F)(F)F)ccc1Cl. The lowest BCUT2D eigenvalue weighted by Gasteiger charge is -2.16. The van der Waals surface area contributed by atoms with Crippen molar-refractivity contribution in [1.82, 2.24) is 9.55 Å². The lowest BCUT2D eigenvalue weighted by atomic mass is 10.2. The molecule has 0 amide bonds. The summed E-state index contributed by atoms with van der Waals surface area (Å²) < 4.78 is 73.9. The van der Waals surface area contributed by atoms with Gasteiger partial charge in [-0.05, 0) is 49.4 Å². The number of alkyl halides is 3. The van der Waals surface area contributed by atoms with Crippen molar-refractivity contribution in [3.05, 3.63) is 87.4 Å². The smallest absolute Gasteiger partial charge is 0.416 e. The first-order chi connectivity index (χ1) is 16.4. The van der Waals surface area contributed by atoms with Gasteiger partial charge in [0.1, 0.15) is 16.5 Å². The summed E-state index contributed by atoms with van der Waals surface area (Å²) in [4.78, 5) is 16.7. The molecule has 0 aliphatic heterocycles. The van der Waals surface area contributed by atoms with Crippen molar-refractivity contribution in [3.8, 4) is 11.4 Å². The molecule has 0 saturated heterocycles. The Hall–Kier alpha value is -3.57. The van der Waals surface area contributed by atoms with Crippen LogP contribution >= 0.6 is 11.6 Å². The Morgan fingerprint density at radius 2 is 1.77 bits per heavy atom. The highest BCUT2D eigenvalue weighted by atomic mass is 35.5. The van der Waals surface area contributed by atoms with Crippen molar-refractivity contribution in [2.45, 2.75) is 18.0 Å². The van der Waals surface area contributed by atoms with Crippen LogP contribution in [0.15, 0.2) is 70.4 Å². The molecule has 0 unspecified atom stereocenters. The van der Waals surface area contributed by atoms with Crippen molar-refractivity contribution in [3.63, 3.8) is 0 Å². The van der Waals surface area contributed by atoms with E-state index < -0.39 is 26.7 Å². The number of anilines is 1. The van der Waals surface area contributed by atoms with Crippen LogP contribution in [0, 0.1) is 6.92 Å². The van der Waals surface area contributed by atoms with Crippen LogP contribution in [-0.2, 0) is 16.2 Å². The zero-order chi connectivity index (χ0) is 25.5. The molecule has 0 saturated carbocycles. The molecule has 1 N–H and O–H groups in total. The molecule has 1 heterocycles. The van der Waals surface area contributed by atoms with Gasteiger partial charge in [-0.15, -0.1) is 0 Å². The highest BCUT2D eigenvalue weighted by molar-refractivity contribution is 7.92. The molecule has 0 atom stereocenters. The Labute approximate surface area is 202 Å². The molecule has 7 nitrogen and oxygen atoms in total. The summed E-state index contributed by atoms with van der Waals surface area (Å²) in [5, 5.41) is 0.00605. The number of halogens is 4. The maximum absolute atomic E-state index is 13.1. The number of hydrogen-bond acceptors (Lipinski definition) is 5. The van der Waals surface area contributed by atoms with E-state index in [0.717, 1.165) is 6.07 Å². The molecule has 3 aromatic carbocycles. The second kappa shape index (κ2) is 8.90. The van der Waals surface area contributed by atoms with E-state index in [9.17, 15) is 26.4 Å². The van der Waals surface area contributed by atoms with Crippen LogP contribution in [0.25, 0.3) is 16.6 Å². The number of fused-ring (bicyclic) bond motifs is 1. The lowest BCUT2D eigenvalue weighted by molar-refractivity contribution is -0.137. The average Bonchev–Trinajstić information content (AvgIpc) is 2.79. The van der Waals surface area contributed by atoms with Gasteiger partial charge < -0.3 is 4.74 Å². The zero-order valence-corrected chi connectivity index (χ0v) is 19.8. The second-order valence-corrected chi connectivity index (χ2v) is 9.51. The van der Waals surface area contributed by atoms with Crippen molar-refractivity contribution in [2.24, 2.45) is 0 Å². The zero-order valence-electron chi connectivity index (χ0n) is 18.2. The van der Waals surface area contributed by atoms with Crippen molar-refractivity contribution in [1.29, 1.82) is 0 Å². The molecule has 0 radical (unpaired) electrons. The molecular formula is C23H17ClF3N3O4S. The first kappa shape index (κ1) is 24.6. The largest absolute Gasteiger partial charge is 0.494 e. The monoisotopic (exact) mass is 523 g/mol. The minimum Gasteiger partial charge on any atom is -0.494 e. The topological polar surface area (TPSA) is 90.3 Å². The van der Waals surface area contributed by atoms with Gasteiger partial charge in [0.25, 0.3) is 15.6 Å². The molecule has 35 heavy (non-hydrogen) atoms. The summed E-state index contributed by atoms with van der Waals surface area (Å²) in [6.45, 7) is 1.65. The molecular weight excluding hydrogens is 507 g/mol. The number of aryl methyl sites for hydroxylation is 1. The maximum Gasteiger partial charge on any atom is 0.416 e. The third-order valence-corrected chi connectivity index (χ3v) is 7.03. The van der Waals surface area contributed by atoms with Crippen LogP contribution in [0.5, 0.6) is 5.75 Å². The summed E-state index contributed by atoms with van der Waals surface area (Å²) >= 11 is 5.90. The average molecular weight is 524 g/mol. The van der Waals surface area contributed by atoms with Crippen LogP contribution < -0.4 is 15.0 Å². The van der Waals surface area contributed by atoms with E-state index in [-0.39, 0.29) is 22.0 Å². The molecule has 182 valence electrons. The van der Waals surface area contributed by atoms with Crippen molar-refractivity contribution < 1.29 is 26.3 Å². The normalized spacial score (nSPS) is 12.1. The number of methoxy groups -OCH3 is 1. The predicted molar refractivity (Wildman–Crippen MR) is 126 cm³/mol. The van der Waals surface area contributed by atoms with Crippen molar-refractivity contribution >= 4 is 38.2 Å². The van der Waals surface area contributed by atoms with Crippen LogP contribution in [0.4, 0.5) is 18.9 Å². The summed E-state index contributed by atoms with van der Waals surface area (Å²) in [5.41, 5.74) is -0.685. The molecule has 12 heteroatoms. The van der Waals surface area contributed by atoms with Gasteiger partial charge >= 0.3 is 6.18 Å². The third-order valence-electron chi connectivity index (χ3n) is 5.18. The van der Waals surface area contributed by atoms with Crippen molar-refractivity contribution in [2.75, 3.05) is 11.8 Å². The number of nitrogens with zero attached hydrogens (tertiary/aromatic N) is 2. The summed E-state index contributed by atoms with van der Waals surface area (Å²) in [5.74, 6) is 0.411. The maximum atomic E-state index is 13.1. The molecule has 0 spiro atoms. The van der Waals surface area contributed by atoms with Gasteiger partial charge in [0.15, 0.2) is 0 Å². The Balaban J connectivity index is 1.77. The van der Waals surface area contributed by atoms with Gasteiger partial charge in [-0.25, -0.2) is 13.4 Å². The number of aromatic nitrogens is 2.